The third-order valence-electron chi connectivity index (χ3n) is 11.5. The fourth-order valence-electron chi connectivity index (χ4n) is 8.16. The van der Waals surface area contributed by atoms with E-state index in [0.717, 1.165) is 44.1 Å². The molecule has 0 bridgehead atoms. The van der Waals surface area contributed by atoms with Crippen LogP contribution in [0.3, 0.4) is 0 Å². The number of para-hydroxylation sites is 1. The van der Waals surface area contributed by atoms with E-state index in [4.69, 9.17) is 18.7 Å². The summed E-state index contributed by atoms with van der Waals surface area (Å²) in [5, 5.41) is 43.5. The number of nitrogens with zero attached hydrogens (tertiary/aromatic N) is 4. The number of nitrogens with one attached hydrogen (secondary N) is 3. The number of amides is 2. The topological polar surface area (TPSA) is 204 Å². The molecule has 1 aliphatic rings. The molecule has 1 aliphatic heterocycles. The summed E-state index contributed by atoms with van der Waals surface area (Å²) >= 11 is 0. The van der Waals surface area contributed by atoms with Crippen LogP contribution in [0.1, 0.15) is 36.1 Å². The van der Waals surface area contributed by atoms with Gasteiger partial charge in [0.25, 0.3) is 0 Å². The molecule has 0 radical (unpaired) electrons. The number of rotatable bonds is 18. The fourth-order valence-corrected chi connectivity index (χ4v) is 9.82. The molecule has 5 aromatic carbocycles. The first kappa shape index (κ1) is 44.9. The number of benzene rings is 5. The Balaban J connectivity index is 1.09. The summed E-state index contributed by atoms with van der Waals surface area (Å²) in [4.78, 5) is 31.2. The van der Waals surface area contributed by atoms with Crippen LogP contribution in [0.2, 0.25) is 0 Å². The van der Waals surface area contributed by atoms with Crippen molar-refractivity contribution >= 4 is 41.3 Å². The smallest absolute Gasteiger partial charge is 0.354 e. The Bertz CT molecular complexity index is 2750. The Morgan fingerprint density at radius 3 is 1.75 bits per heavy atom. The molecular formula is C48H52N7O9P. The zero-order valence-electron chi connectivity index (χ0n) is 36.2. The minimum atomic E-state index is -3.84. The number of H-pyrrole nitrogens is 2. The summed E-state index contributed by atoms with van der Waals surface area (Å²) in [6.45, 7) is 3.65. The molecule has 2 amide bonds. The average Bonchev–Trinajstić information content (AvgIpc) is 3.99. The van der Waals surface area contributed by atoms with Gasteiger partial charge < -0.3 is 38.7 Å². The Morgan fingerprint density at radius 1 is 0.738 bits per heavy atom. The van der Waals surface area contributed by atoms with Crippen LogP contribution in [0.15, 0.2) is 128 Å². The summed E-state index contributed by atoms with van der Waals surface area (Å²) in [5.41, 5.74) is 4.91. The molecule has 0 aliphatic carbocycles. The minimum absolute atomic E-state index is 0.121. The molecule has 16 nitrogen and oxygen atoms in total. The van der Waals surface area contributed by atoms with Crippen molar-refractivity contribution in [2.45, 2.75) is 70.1 Å². The maximum Gasteiger partial charge on any atom is 0.354 e. The van der Waals surface area contributed by atoms with Crippen molar-refractivity contribution in [3.63, 3.8) is 0 Å². The molecule has 1 unspecified atom stereocenters. The normalized spacial score (nSPS) is 19.1. The highest BCUT2D eigenvalue weighted by Crippen LogP contribution is 2.44. The van der Waals surface area contributed by atoms with Gasteiger partial charge in [-0.3, -0.25) is 19.6 Å². The van der Waals surface area contributed by atoms with E-state index in [1.54, 1.807) is 90.8 Å². The van der Waals surface area contributed by atoms with E-state index >= 15 is 4.79 Å². The van der Waals surface area contributed by atoms with E-state index in [0.29, 0.717) is 17.2 Å². The number of carbonyl (C=O) groups is 2. The third-order valence-corrected chi connectivity index (χ3v) is 13.3. The number of aliphatic hydroxyl groups is 2. The molecule has 0 saturated carbocycles. The zero-order valence-corrected chi connectivity index (χ0v) is 37.1. The summed E-state index contributed by atoms with van der Waals surface area (Å²) < 4.78 is 36.6. The van der Waals surface area contributed by atoms with E-state index < -0.39 is 50.2 Å². The van der Waals surface area contributed by atoms with E-state index in [2.05, 4.69) is 25.5 Å². The quantitative estimate of drug-likeness (QED) is 0.0437. The van der Waals surface area contributed by atoms with E-state index in [1.165, 1.54) is 6.92 Å². The van der Waals surface area contributed by atoms with Crippen LogP contribution >= 0.6 is 7.52 Å². The largest absolute Gasteiger partial charge is 0.497 e. The van der Waals surface area contributed by atoms with Crippen molar-refractivity contribution in [3.05, 3.63) is 150 Å². The summed E-state index contributed by atoms with van der Waals surface area (Å²) in [6.07, 6.45) is 0.692. The molecule has 338 valence electrons. The van der Waals surface area contributed by atoms with Gasteiger partial charge in [-0.25, -0.2) is 9.88 Å². The van der Waals surface area contributed by atoms with Gasteiger partial charge in [0, 0.05) is 23.9 Å². The third kappa shape index (κ3) is 10.6. The highest BCUT2D eigenvalue weighted by atomic mass is 31.2. The maximum absolute atomic E-state index is 15.4. The van der Waals surface area contributed by atoms with Crippen LogP contribution in [-0.2, 0) is 40.0 Å². The second-order valence-electron chi connectivity index (χ2n) is 16.1. The molecule has 1 fully saturated rings. The second kappa shape index (κ2) is 20.0. The van der Waals surface area contributed by atoms with Crippen molar-refractivity contribution < 1.29 is 43.1 Å². The van der Waals surface area contributed by atoms with Crippen LogP contribution in [-0.4, -0.2) is 103 Å². The van der Waals surface area contributed by atoms with Gasteiger partial charge in [0.05, 0.1) is 49.2 Å². The number of aromatic nitrogens is 4. The van der Waals surface area contributed by atoms with Crippen molar-refractivity contribution in [2.24, 2.45) is 0 Å². The van der Waals surface area contributed by atoms with Crippen LogP contribution < -0.4 is 19.1 Å². The van der Waals surface area contributed by atoms with Gasteiger partial charge in [-0.15, -0.1) is 0 Å². The van der Waals surface area contributed by atoms with E-state index in [1.807, 2.05) is 60.7 Å². The number of methoxy groups -OCH3 is 1. The second-order valence-corrected chi connectivity index (χ2v) is 18.1. The first-order valence-corrected chi connectivity index (χ1v) is 23.2. The number of carbonyl (C=O) groups excluding carboxylic acids is 2. The fraction of sp³-hybridized carbons (Fsp3) is 0.292. The van der Waals surface area contributed by atoms with E-state index in [-0.39, 0.29) is 38.6 Å². The van der Waals surface area contributed by atoms with Gasteiger partial charge in [0.2, 0.25) is 0 Å². The molecule has 17 heteroatoms. The predicted molar refractivity (Wildman–Crippen MR) is 245 cm³/mol. The number of aliphatic hydroxyl groups excluding tert-OH is 2. The minimum Gasteiger partial charge on any atom is -0.497 e. The molecule has 0 spiro atoms. The lowest BCUT2D eigenvalue weighted by Gasteiger charge is -2.36. The number of esters is 1. The van der Waals surface area contributed by atoms with Crippen LogP contribution in [0.5, 0.6) is 17.2 Å². The van der Waals surface area contributed by atoms with Gasteiger partial charge in [-0.1, -0.05) is 54.6 Å². The predicted octanol–water partition coefficient (Wildman–Crippen LogP) is 6.98. The van der Waals surface area contributed by atoms with Gasteiger partial charge in [0.15, 0.2) is 6.35 Å². The SMILES string of the molecule is CCOC(=O)[C@H](C)NP(=O)(COc1ccc(C[C@@H]2[C@H](O)[C@@H](O)[C@@H](Cc3ccc(OC)cc3)N(Cc3ccc4[nH]ncc4c3)C(=O)N2Cc2ccc3[nH]ncc3c2)cc1)Oc1ccccc1. The Labute approximate surface area is 376 Å². The van der Waals surface area contributed by atoms with Crippen LogP contribution in [0.25, 0.3) is 21.8 Å². The molecule has 65 heavy (non-hydrogen) atoms. The first-order chi connectivity index (χ1) is 31.5. The number of aromatic amines is 2. The van der Waals surface area contributed by atoms with Crippen molar-refractivity contribution in [1.29, 1.82) is 0 Å². The number of fused-ring (bicyclic) bond motifs is 2. The van der Waals surface area contributed by atoms with Crippen molar-refractivity contribution in [3.8, 4) is 17.2 Å². The number of hydrogen-bond donors (Lipinski definition) is 5. The molecule has 6 atom stereocenters. The van der Waals surface area contributed by atoms with Crippen LogP contribution in [0.4, 0.5) is 4.79 Å². The lowest BCUT2D eigenvalue weighted by Crippen LogP contribution is -2.50. The maximum atomic E-state index is 15.4. The summed E-state index contributed by atoms with van der Waals surface area (Å²) in [7, 11) is -2.25. The molecule has 8 rings (SSSR count). The Morgan fingerprint density at radius 2 is 1.25 bits per heavy atom. The first-order valence-electron chi connectivity index (χ1n) is 21.4. The number of ether oxygens (including phenoxy) is 3. The summed E-state index contributed by atoms with van der Waals surface area (Å²) in [6, 6.07) is 31.6. The van der Waals surface area contributed by atoms with Gasteiger partial charge in [-0.2, -0.15) is 10.2 Å². The monoisotopic (exact) mass is 901 g/mol. The van der Waals surface area contributed by atoms with Gasteiger partial charge in [-0.05, 0) is 110 Å². The average molecular weight is 902 g/mol. The highest BCUT2D eigenvalue weighted by molar-refractivity contribution is 7.57. The molecular weight excluding hydrogens is 850 g/mol. The molecule has 2 aromatic heterocycles. The van der Waals surface area contributed by atoms with Crippen molar-refractivity contribution in [2.75, 3.05) is 20.1 Å². The lowest BCUT2D eigenvalue weighted by atomic mass is 9.90. The Hall–Kier alpha value is -6.71. The van der Waals surface area contributed by atoms with Gasteiger partial charge >= 0.3 is 19.5 Å². The highest BCUT2D eigenvalue weighted by Gasteiger charge is 2.46. The number of hydrogen-bond acceptors (Lipinski definition) is 11. The lowest BCUT2D eigenvalue weighted by molar-refractivity contribution is -0.144. The molecule has 1 saturated heterocycles. The summed E-state index contributed by atoms with van der Waals surface area (Å²) in [5.74, 6) is 0.776. The Kier molecular flexibility index (Phi) is 13.8. The standard InChI is InChI=1S/C48H52N7O9P/c1-4-62-47(58)31(2)53-65(60,64-40-8-6-5-7-9-40)30-63-39-18-12-33(13-19-39)25-44-46(57)45(56)43(24-32-10-16-38(61-3)17-11-32)54(28-34-14-20-41-36(22-34)26-49-51-41)48(59)55(44)29-35-15-21-42-37(23-35)27-50-52-42/h5-23,26-27,31,43-46,56-57H,4,24-25,28-30H2,1-3H3,(H,49,51)(H,50,52)(H,53,60)/t31-,43+,44+,45-,46-,65?/m0/s1. The zero-order chi connectivity index (χ0) is 45.5. The molecule has 7 aromatic rings. The van der Waals surface area contributed by atoms with Crippen molar-refractivity contribution in [1.82, 2.24) is 35.3 Å². The number of urea groups is 1. The van der Waals surface area contributed by atoms with Crippen LogP contribution in [0, 0.1) is 0 Å². The van der Waals surface area contributed by atoms with E-state index in [9.17, 15) is 19.6 Å². The van der Waals surface area contributed by atoms with Gasteiger partial charge in [0.1, 0.15) is 35.5 Å². The molecule has 5 N–H and O–H groups in total. The molecule has 3 heterocycles.